The molecule has 5 aliphatic rings. The van der Waals surface area contributed by atoms with E-state index in [1.807, 2.05) is 125 Å². The maximum Gasteiger partial charge on any atom is 0.269 e. The maximum atomic E-state index is 14.1. The monoisotopic (exact) mass is 1640 g/mol. The van der Waals surface area contributed by atoms with Gasteiger partial charge in [-0.3, -0.25) is 58.6 Å². The van der Waals surface area contributed by atoms with Gasteiger partial charge in [-0.2, -0.15) is 0 Å². The van der Waals surface area contributed by atoms with Crippen LogP contribution in [0.4, 0.5) is 18.9 Å². The van der Waals surface area contributed by atoms with Crippen molar-refractivity contribution in [3.8, 4) is 28.4 Å². The molecule has 0 aliphatic carbocycles. The van der Waals surface area contributed by atoms with Crippen LogP contribution in [0.5, 0.6) is 0 Å². The van der Waals surface area contributed by atoms with E-state index in [9.17, 15) is 47.3 Å². The van der Waals surface area contributed by atoms with Crippen molar-refractivity contribution in [2.45, 2.75) is 140 Å². The molecule has 0 spiro atoms. The SMILES string of the molecule is Cc1cc(C(=O)CN2CCCC2)c(C)n1-c1ccc(Br)cc1.Cc1cc(C(=O)CN2CCCC2)c(C)n1-c1ccc(Cl)cc1.Cc1cc(C(=O)CN2CCCC2)c(C)n1-c1ccc(F)cc1F.Cc1cc(C(=O)CN2CCCC2)c(C)n1-c1ccc([N+](=O)[O-])cc1.Cc1cc(C(=O)CN2CCCCC2)c(C)n1-c1ccc(F)cc1. The fourth-order valence-electron chi connectivity index (χ4n) is 16.7. The Kier molecular flexibility index (Phi) is 29.5. The van der Waals surface area contributed by atoms with Gasteiger partial charge in [-0.1, -0.05) is 34.0 Å². The van der Waals surface area contributed by atoms with Crippen LogP contribution in [0.15, 0.2) is 150 Å². The number of hydrogen-bond acceptors (Lipinski definition) is 12. The minimum atomic E-state index is -0.634. The minimum absolute atomic E-state index is 0.0498. The molecule has 15 rings (SSSR count). The summed E-state index contributed by atoms with van der Waals surface area (Å²) in [6, 6.07) is 41.9. The van der Waals surface area contributed by atoms with Gasteiger partial charge in [0.15, 0.2) is 28.9 Å². The van der Waals surface area contributed by atoms with Crippen molar-refractivity contribution in [1.82, 2.24) is 47.3 Å². The third kappa shape index (κ3) is 21.2. The van der Waals surface area contributed by atoms with Gasteiger partial charge in [-0.25, -0.2) is 13.2 Å². The molecule has 0 amide bonds. The number of aromatic nitrogens is 5. The molecule has 0 atom stereocenters. The van der Waals surface area contributed by atoms with Crippen molar-refractivity contribution < 1.29 is 42.1 Å². The predicted molar refractivity (Wildman–Crippen MR) is 450 cm³/mol. The first kappa shape index (κ1) is 85.5. The molecule has 10 aromatic rings. The Bertz CT molecular complexity index is 4920. The van der Waals surface area contributed by atoms with Crippen LogP contribution >= 0.6 is 27.5 Å². The first-order chi connectivity index (χ1) is 54.6. The lowest BCUT2D eigenvalue weighted by molar-refractivity contribution is -0.384. The van der Waals surface area contributed by atoms with Crippen LogP contribution in [-0.2, 0) is 0 Å². The molecule has 602 valence electrons. The smallest absolute Gasteiger partial charge is 0.269 e. The van der Waals surface area contributed by atoms with E-state index >= 15 is 0 Å². The van der Waals surface area contributed by atoms with E-state index in [0.29, 0.717) is 44.0 Å². The fourth-order valence-corrected chi connectivity index (χ4v) is 17.1. The van der Waals surface area contributed by atoms with Crippen LogP contribution in [0.3, 0.4) is 0 Å². The molecular formula is C91H106BrClF3N11O7. The van der Waals surface area contributed by atoms with Crippen molar-refractivity contribution in [1.29, 1.82) is 0 Å². The van der Waals surface area contributed by atoms with Crippen molar-refractivity contribution in [2.75, 3.05) is 98.2 Å². The lowest BCUT2D eigenvalue weighted by atomic mass is 10.1. The summed E-state index contributed by atoms with van der Waals surface area (Å²) in [6.07, 6.45) is 13.1. The summed E-state index contributed by atoms with van der Waals surface area (Å²) in [6.45, 7) is 32.1. The molecule has 0 N–H and O–H groups in total. The number of carbonyl (C=O) groups is 5. The summed E-state index contributed by atoms with van der Waals surface area (Å²) in [5, 5.41) is 11.5. The first-order valence-corrected chi connectivity index (χ1v) is 41.0. The normalized spacial score (nSPS) is 15.4. The highest BCUT2D eigenvalue weighted by molar-refractivity contribution is 9.10. The van der Waals surface area contributed by atoms with E-state index in [1.165, 1.54) is 81.3 Å². The average Bonchev–Trinajstić information content (AvgIpc) is 1.65. The van der Waals surface area contributed by atoms with E-state index in [1.54, 1.807) is 41.8 Å². The second kappa shape index (κ2) is 39.3. The van der Waals surface area contributed by atoms with Gasteiger partial charge in [0.1, 0.15) is 17.5 Å². The van der Waals surface area contributed by atoms with Crippen LogP contribution in [-0.4, -0.2) is 179 Å². The van der Waals surface area contributed by atoms with E-state index in [2.05, 4.69) is 68.6 Å². The van der Waals surface area contributed by atoms with Gasteiger partial charge in [0.05, 0.1) is 43.3 Å². The molecule has 5 fully saturated rings. The zero-order valence-electron chi connectivity index (χ0n) is 67.4. The van der Waals surface area contributed by atoms with Gasteiger partial charge in [0, 0.05) is 135 Å². The van der Waals surface area contributed by atoms with Crippen LogP contribution < -0.4 is 0 Å². The number of carbonyl (C=O) groups excluding carboxylic acids is 5. The molecule has 0 unspecified atom stereocenters. The number of benzene rings is 5. The van der Waals surface area contributed by atoms with Crippen LogP contribution in [0.1, 0.15) is 179 Å². The van der Waals surface area contributed by atoms with Gasteiger partial charge in [0.2, 0.25) is 0 Å². The fraction of sp³-hybridized carbons (Fsp3) is 0.396. The van der Waals surface area contributed by atoms with Gasteiger partial charge in [-0.05, 0) is 326 Å². The molecule has 18 nitrogen and oxygen atoms in total. The summed E-state index contributed by atoms with van der Waals surface area (Å²) in [5.41, 5.74) is 17.4. The molecule has 5 aliphatic heterocycles. The zero-order valence-corrected chi connectivity index (χ0v) is 69.8. The third-order valence-electron chi connectivity index (χ3n) is 22.5. The predicted octanol–water partition coefficient (Wildman–Crippen LogP) is 19.0. The van der Waals surface area contributed by atoms with Gasteiger partial charge in [-0.15, -0.1) is 0 Å². The Morgan fingerprint density at radius 3 is 0.877 bits per heavy atom. The molecular weight excluding hydrogens is 1530 g/mol. The van der Waals surface area contributed by atoms with E-state index in [-0.39, 0.29) is 46.1 Å². The van der Waals surface area contributed by atoms with Crippen molar-refractivity contribution in [3.63, 3.8) is 0 Å². The number of hydrogen-bond donors (Lipinski definition) is 0. The molecule has 10 heterocycles. The Morgan fingerprint density at radius 2 is 0.588 bits per heavy atom. The molecule has 5 aromatic heterocycles. The van der Waals surface area contributed by atoms with Crippen LogP contribution in [0.25, 0.3) is 28.4 Å². The molecule has 5 saturated heterocycles. The Balaban J connectivity index is 0.000000141. The van der Waals surface area contributed by atoms with Crippen molar-refractivity contribution >= 4 is 62.1 Å². The summed E-state index contributed by atoms with van der Waals surface area (Å²) in [4.78, 5) is 84.5. The number of rotatable bonds is 21. The highest BCUT2D eigenvalue weighted by Crippen LogP contribution is 2.31. The number of piperidine rings is 1. The summed E-state index contributed by atoms with van der Waals surface area (Å²) < 4.78 is 51.3. The largest absolute Gasteiger partial charge is 0.318 e. The number of non-ortho nitro benzene ring substituents is 1. The summed E-state index contributed by atoms with van der Waals surface area (Å²) >= 11 is 9.42. The first-order valence-electron chi connectivity index (χ1n) is 39.8. The summed E-state index contributed by atoms with van der Waals surface area (Å²) in [7, 11) is 0. The number of aryl methyl sites for hydroxylation is 5. The Labute approximate surface area is 681 Å². The lowest BCUT2D eigenvalue weighted by Crippen LogP contribution is -2.34. The highest BCUT2D eigenvalue weighted by Gasteiger charge is 2.28. The quantitative estimate of drug-likeness (QED) is 0.0380. The van der Waals surface area contributed by atoms with Gasteiger partial charge in [0.25, 0.3) is 5.69 Å². The molecule has 114 heavy (non-hydrogen) atoms. The second-order valence-corrected chi connectivity index (χ2v) is 32.1. The molecule has 0 radical (unpaired) electrons. The number of nitro benzene ring substituents is 1. The minimum Gasteiger partial charge on any atom is -0.318 e. The standard InChI is InChI=1S/C19H23FN2O.C18H21BrN2O.C18H21ClN2O.C18H20F2N2O.C18H21N3O3/c1-14-12-18(19(23)13-21-10-4-3-5-11-21)15(2)22(14)17-8-6-16(20)7-9-17;2*1-13-11-17(18(22)12-20-9-3-4-10-20)14(2)21(13)16-7-5-15(19)6-8-16;1-12-9-15(18(23)11-21-7-3-4-8-21)13(2)22(12)17-6-5-14(19)10-16(17)20;1-13-11-17(18(22)12-19-9-3-4-10-19)14(2)20(13)15-5-7-16(8-6-15)21(23)24/h6-9,12H,3-5,10-11,13H2,1-2H3;2*5-8,11H,3-4,9-10,12H2,1-2H3;5-6,9-10H,3-4,7-8,11H2,1-2H3;5-8,11H,3-4,9-10,12H2,1-2H3. The van der Waals surface area contributed by atoms with Gasteiger partial charge >= 0.3 is 0 Å². The average molecular weight is 1640 g/mol. The Morgan fingerprint density at radius 1 is 0.342 bits per heavy atom. The topological polar surface area (TPSA) is 169 Å². The second-order valence-electron chi connectivity index (χ2n) is 30.8. The number of Topliss-reactive ketones (excluding diaryl/α,β-unsaturated/α-hetero) is 5. The third-order valence-corrected chi connectivity index (χ3v) is 23.2. The molecule has 5 aromatic carbocycles. The zero-order chi connectivity index (χ0) is 81.6. The van der Waals surface area contributed by atoms with Crippen LogP contribution in [0.2, 0.25) is 5.02 Å². The molecule has 0 saturated carbocycles. The number of nitro groups is 1. The number of ketones is 5. The van der Waals surface area contributed by atoms with E-state index in [4.69, 9.17) is 11.6 Å². The lowest BCUT2D eigenvalue weighted by Gasteiger charge is -2.25. The Hall–Kier alpha value is -9.39. The number of likely N-dealkylation sites (tertiary alicyclic amines) is 5. The number of nitrogens with zero attached hydrogens (tertiary/aromatic N) is 11. The molecule has 0 bridgehead atoms. The summed E-state index contributed by atoms with van der Waals surface area (Å²) in [5.74, 6) is -0.684. The number of halogens is 5. The van der Waals surface area contributed by atoms with Crippen LogP contribution in [0, 0.1) is 96.8 Å². The van der Waals surface area contributed by atoms with Crippen molar-refractivity contribution in [2.24, 2.45) is 0 Å². The maximum absolute atomic E-state index is 14.1. The van der Waals surface area contributed by atoms with E-state index < -0.39 is 16.6 Å². The molecule has 23 heteroatoms. The van der Waals surface area contributed by atoms with Gasteiger partial charge < -0.3 is 22.8 Å². The highest BCUT2D eigenvalue weighted by atomic mass is 79.9. The van der Waals surface area contributed by atoms with E-state index in [0.717, 1.165) is 203 Å². The van der Waals surface area contributed by atoms with Crippen molar-refractivity contribution in [3.05, 3.63) is 267 Å².